The van der Waals surface area contributed by atoms with E-state index in [9.17, 15) is 0 Å². The number of hydrogen-bond donors (Lipinski definition) is 1. The highest BCUT2D eigenvalue weighted by atomic mass is 16.5. The molecule has 5 heteroatoms. The SMILES string of the molecule is COc1ccc2c(c1)OC(c1cncn1C(C)C)C[C@H]2N. The Morgan fingerprint density at radius 2 is 2.24 bits per heavy atom. The molecule has 1 aromatic heterocycles. The second kappa shape index (κ2) is 5.41. The number of methoxy groups -OCH3 is 1. The molecule has 1 aliphatic rings. The number of imidazole rings is 1. The van der Waals surface area contributed by atoms with Crippen molar-refractivity contribution in [1.82, 2.24) is 9.55 Å². The zero-order valence-corrected chi connectivity index (χ0v) is 12.6. The second-order valence-electron chi connectivity index (χ2n) is 5.67. The van der Waals surface area contributed by atoms with Crippen molar-refractivity contribution in [2.24, 2.45) is 5.73 Å². The highest BCUT2D eigenvalue weighted by molar-refractivity contribution is 5.44. The summed E-state index contributed by atoms with van der Waals surface area (Å²) in [7, 11) is 1.65. The van der Waals surface area contributed by atoms with Gasteiger partial charge in [-0.2, -0.15) is 0 Å². The number of aromatic nitrogens is 2. The van der Waals surface area contributed by atoms with Crippen LogP contribution < -0.4 is 15.2 Å². The Balaban J connectivity index is 1.95. The molecule has 112 valence electrons. The smallest absolute Gasteiger partial charge is 0.142 e. The molecule has 0 bridgehead atoms. The topological polar surface area (TPSA) is 62.3 Å². The van der Waals surface area contributed by atoms with E-state index in [1.807, 2.05) is 30.7 Å². The molecular formula is C16H21N3O2. The highest BCUT2D eigenvalue weighted by Crippen LogP contribution is 2.41. The Hall–Kier alpha value is -2.01. The van der Waals surface area contributed by atoms with Gasteiger partial charge in [0.15, 0.2) is 0 Å². The van der Waals surface area contributed by atoms with Crippen LogP contribution in [-0.2, 0) is 0 Å². The maximum Gasteiger partial charge on any atom is 0.142 e. The number of fused-ring (bicyclic) bond motifs is 1. The summed E-state index contributed by atoms with van der Waals surface area (Å²) in [5.41, 5.74) is 8.40. The lowest BCUT2D eigenvalue weighted by atomic mass is 9.95. The van der Waals surface area contributed by atoms with Gasteiger partial charge in [0.25, 0.3) is 0 Å². The maximum absolute atomic E-state index is 6.31. The monoisotopic (exact) mass is 287 g/mol. The third-order valence-corrected chi connectivity index (χ3v) is 3.94. The average molecular weight is 287 g/mol. The van der Waals surface area contributed by atoms with Gasteiger partial charge in [0.2, 0.25) is 0 Å². The summed E-state index contributed by atoms with van der Waals surface area (Å²) in [6, 6.07) is 6.10. The van der Waals surface area contributed by atoms with E-state index >= 15 is 0 Å². The number of hydrogen-bond acceptors (Lipinski definition) is 4. The summed E-state index contributed by atoms with van der Waals surface area (Å²) in [5, 5.41) is 0. The van der Waals surface area contributed by atoms with Gasteiger partial charge >= 0.3 is 0 Å². The number of nitrogens with two attached hydrogens (primary N) is 1. The fourth-order valence-corrected chi connectivity index (χ4v) is 2.79. The van der Waals surface area contributed by atoms with E-state index < -0.39 is 0 Å². The van der Waals surface area contributed by atoms with Gasteiger partial charge in [-0.25, -0.2) is 4.98 Å². The Labute approximate surface area is 124 Å². The molecule has 21 heavy (non-hydrogen) atoms. The Morgan fingerprint density at radius 1 is 1.43 bits per heavy atom. The van der Waals surface area contributed by atoms with Crippen molar-refractivity contribution in [3.05, 3.63) is 42.0 Å². The summed E-state index contributed by atoms with van der Waals surface area (Å²) < 4.78 is 13.6. The van der Waals surface area contributed by atoms with Gasteiger partial charge < -0.3 is 19.8 Å². The summed E-state index contributed by atoms with van der Waals surface area (Å²) in [6.07, 6.45) is 4.38. The molecule has 0 saturated carbocycles. The van der Waals surface area contributed by atoms with Gasteiger partial charge in [-0.3, -0.25) is 0 Å². The van der Waals surface area contributed by atoms with Crippen LogP contribution in [0.1, 0.15) is 49.7 Å². The van der Waals surface area contributed by atoms with Gasteiger partial charge in [0, 0.05) is 30.1 Å². The first-order chi connectivity index (χ1) is 10.1. The van der Waals surface area contributed by atoms with Gasteiger partial charge in [-0.05, 0) is 19.9 Å². The largest absolute Gasteiger partial charge is 0.497 e. The molecule has 0 fully saturated rings. The minimum Gasteiger partial charge on any atom is -0.497 e. The Morgan fingerprint density at radius 3 is 2.95 bits per heavy atom. The molecule has 2 heterocycles. The predicted molar refractivity (Wildman–Crippen MR) is 80.5 cm³/mol. The molecule has 0 saturated heterocycles. The molecule has 0 amide bonds. The van der Waals surface area contributed by atoms with E-state index in [1.54, 1.807) is 7.11 Å². The third kappa shape index (κ3) is 2.49. The minimum absolute atomic E-state index is 0.0415. The molecule has 0 radical (unpaired) electrons. The lowest BCUT2D eigenvalue weighted by molar-refractivity contribution is 0.151. The third-order valence-electron chi connectivity index (χ3n) is 3.94. The lowest BCUT2D eigenvalue weighted by Gasteiger charge is -2.31. The van der Waals surface area contributed by atoms with Crippen LogP contribution in [-0.4, -0.2) is 16.7 Å². The van der Waals surface area contributed by atoms with Crippen molar-refractivity contribution in [3.63, 3.8) is 0 Å². The first-order valence-electron chi connectivity index (χ1n) is 7.22. The fourth-order valence-electron chi connectivity index (χ4n) is 2.79. The van der Waals surface area contributed by atoms with Gasteiger partial charge in [-0.1, -0.05) is 6.07 Å². The van der Waals surface area contributed by atoms with E-state index in [4.69, 9.17) is 15.2 Å². The number of nitrogens with zero attached hydrogens (tertiary/aromatic N) is 2. The van der Waals surface area contributed by atoms with Gasteiger partial charge in [0.05, 0.1) is 25.3 Å². The first-order valence-corrected chi connectivity index (χ1v) is 7.22. The van der Waals surface area contributed by atoms with Crippen LogP contribution in [0.25, 0.3) is 0 Å². The molecule has 2 aromatic rings. The number of benzene rings is 1. The average Bonchev–Trinajstić information content (AvgIpc) is 2.96. The molecule has 1 unspecified atom stereocenters. The molecule has 0 spiro atoms. The van der Waals surface area contributed by atoms with E-state index in [0.29, 0.717) is 6.04 Å². The van der Waals surface area contributed by atoms with Crippen molar-refractivity contribution < 1.29 is 9.47 Å². The van der Waals surface area contributed by atoms with Crippen LogP contribution in [0.2, 0.25) is 0 Å². The van der Waals surface area contributed by atoms with E-state index in [-0.39, 0.29) is 12.1 Å². The molecule has 2 N–H and O–H groups in total. The number of ether oxygens (including phenoxy) is 2. The summed E-state index contributed by atoms with van der Waals surface area (Å²) in [4.78, 5) is 4.25. The van der Waals surface area contributed by atoms with Crippen molar-refractivity contribution in [1.29, 1.82) is 0 Å². The van der Waals surface area contributed by atoms with Crippen molar-refractivity contribution in [2.75, 3.05) is 7.11 Å². The van der Waals surface area contributed by atoms with Crippen LogP contribution in [0.15, 0.2) is 30.7 Å². The predicted octanol–water partition coefficient (Wildman–Crippen LogP) is 3.00. The van der Waals surface area contributed by atoms with Crippen LogP contribution in [0.4, 0.5) is 0 Å². The quantitative estimate of drug-likeness (QED) is 0.942. The normalized spacial score (nSPS) is 21.0. The Kier molecular flexibility index (Phi) is 3.59. The van der Waals surface area contributed by atoms with Crippen molar-refractivity contribution in [2.45, 2.75) is 38.5 Å². The Bertz CT molecular complexity index is 636. The van der Waals surface area contributed by atoms with Gasteiger partial charge in [0.1, 0.15) is 17.6 Å². The number of rotatable bonds is 3. The first kappa shape index (κ1) is 13.9. The summed E-state index contributed by atoms with van der Waals surface area (Å²) >= 11 is 0. The molecule has 1 aromatic carbocycles. The maximum atomic E-state index is 6.31. The summed E-state index contributed by atoms with van der Waals surface area (Å²) in [6.45, 7) is 4.26. The molecular weight excluding hydrogens is 266 g/mol. The molecule has 5 nitrogen and oxygen atoms in total. The van der Waals surface area contributed by atoms with Crippen LogP contribution >= 0.6 is 0 Å². The fraction of sp³-hybridized carbons (Fsp3) is 0.438. The standard InChI is InChI=1S/C16H21N3O2/c1-10(2)19-9-18-8-14(19)16-7-13(17)12-5-4-11(20-3)6-15(12)21-16/h4-6,8-10,13,16H,7,17H2,1-3H3/t13-,16?/m1/s1. The van der Waals surface area contributed by atoms with Crippen LogP contribution in [0.3, 0.4) is 0 Å². The molecule has 3 rings (SSSR count). The lowest BCUT2D eigenvalue weighted by Crippen LogP contribution is -2.26. The van der Waals surface area contributed by atoms with Gasteiger partial charge in [-0.15, -0.1) is 0 Å². The summed E-state index contributed by atoms with van der Waals surface area (Å²) in [5.74, 6) is 1.58. The van der Waals surface area contributed by atoms with Crippen LogP contribution in [0.5, 0.6) is 11.5 Å². The highest BCUT2D eigenvalue weighted by Gasteiger charge is 2.29. The van der Waals surface area contributed by atoms with E-state index in [0.717, 1.165) is 29.2 Å². The zero-order chi connectivity index (χ0) is 15.0. The van der Waals surface area contributed by atoms with Crippen molar-refractivity contribution in [3.8, 4) is 11.5 Å². The zero-order valence-electron chi connectivity index (χ0n) is 12.6. The van der Waals surface area contributed by atoms with E-state index in [1.165, 1.54) is 0 Å². The minimum atomic E-state index is -0.0792. The van der Waals surface area contributed by atoms with Crippen molar-refractivity contribution >= 4 is 0 Å². The molecule has 0 aliphatic carbocycles. The molecule has 1 aliphatic heterocycles. The van der Waals surface area contributed by atoms with E-state index in [2.05, 4.69) is 23.4 Å². The second-order valence-corrected chi connectivity index (χ2v) is 5.67. The molecule has 2 atom stereocenters. The van der Waals surface area contributed by atoms with Crippen LogP contribution in [0, 0.1) is 0 Å².